The van der Waals surface area contributed by atoms with Gasteiger partial charge in [0, 0.05) is 31.6 Å². The van der Waals surface area contributed by atoms with Crippen LogP contribution in [0, 0.1) is 0 Å². The third kappa shape index (κ3) is 3.43. The summed E-state index contributed by atoms with van der Waals surface area (Å²) in [5.74, 6) is -0.140. The molecule has 5 heteroatoms. The Morgan fingerprint density at radius 3 is 3.22 bits per heavy atom. The highest BCUT2D eigenvalue weighted by molar-refractivity contribution is 5.93. The van der Waals surface area contributed by atoms with Crippen LogP contribution in [0.15, 0.2) is 18.3 Å². The van der Waals surface area contributed by atoms with Crippen LogP contribution in [-0.4, -0.2) is 36.7 Å². The van der Waals surface area contributed by atoms with Crippen LogP contribution in [0.5, 0.6) is 0 Å². The number of carbonyl (C=O) groups excluding carboxylic acids is 1. The van der Waals surface area contributed by atoms with Gasteiger partial charge in [-0.2, -0.15) is 0 Å². The summed E-state index contributed by atoms with van der Waals surface area (Å²) in [7, 11) is 0. The third-order valence-electron chi connectivity index (χ3n) is 2.89. The fraction of sp³-hybridized carbons (Fsp3) is 0.538. The molecular formula is C13H19N3O2. The van der Waals surface area contributed by atoms with Crippen molar-refractivity contribution in [3.63, 3.8) is 0 Å². The Bertz CT molecular complexity index is 403. The van der Waals surface area contributed by atoms with E-state index in [4.69, 9.17) is 4.74 Å². The van der Waals surface area contributed by atoms with Crippen LogP contribution in [-0.2, 0) is 4.74 Å². The molecule has 5 nitrogen and oxygen atoms in total. The van der Waals surface area contributed by atoms with Crippen molar-refractivity contribution in [2.24, 2.45) is 0 Å². The van der Waals surface area contributed by atoms with E-state index in [2.05, 4.69) is 15.6 Å². The van der Waals surface area contributed by atoms with Crippen molar-refractivity contribution in [3.8, 4) is 0 Å². The van der Waals surface area contributed by atoms with Gasteiger partial charge in [-0.25, -0.2) is 0 Å². The lowest BCUT2D eigenvalue weighted by atomic mass is 10.2. The zero-order chi connectivity index (χ0) is 12.8. The molecule has 18 heavy (non-hydrogen) atoms. The maximum atomic E-state index is 11.6. The molecule has 1 saturated heterocycles. The highest BCUT2D eigenvalue weighted by Crippen LogP contribution is 2.14. The van der Waals surface area contributed by atoms with Gasteiger partial charge in [0.1, 0.15) is 5.69 Å². The second-order valence-electron chi connectivity index (χ2n) is 4.31. The molecular weight excluding hydrogens is 230 g/mol. The largest absolute Gasteiger partial charge is 0.382 e. The Hall–Kier alpha value is -1.62. The molecule has 1 fully saturated rings. The van der Waals surface area contributed by atoms with Crippen LogP contribution in [0.1, 0.15) is 30.3 Å². The molecule has 2 N–H and O–H groups in total. The van der Waals surface area contributed by atoms with Gasteiger partial charge in [-0.1, -0.05) is 0 Å². The maximum Gasteiger partial charge on any atom is 0.269 e. The summed E-state index contributed by atoms with van der Waals surface area (Å²) in [6, 6.07) is 3.62. The number of hydrogen-bond donors (Lipinski definition) is 2. The molecule has 1 aromatic heterocycles. The Kier molecular flexibility index (Phi) is 4.52. The molecule has 0 saturated carbocycles. The average molecular weight is 249 g/mol. The van der Waals surface area contributed by atoms with Gasteiger partial charge < -0.3 is 15.4 Å². The second kappa shape index (κ2) is 6.35. The van der Waals surface area contributed by atoms with Crippen LogP contribution < -0.4 is 10.6 Å². The highest BCUT2D eigenvalue weighted by atomic mass is 16.5. The van der Waals surface area contributed by atoms with Crippen LogP contribution in [0.3, 0.4) is 0 Å². The van der Waals surface area contributed by atoms with E-state index in [1.165, 1.54) is 0 Å². The SMILES string of the molecule is CCNC(=O)c1cc(NCC2CCCO2)ccn1. The predicted molar refractivity (Wildman–Crippen MR) is 69.7 cm³/mol. The summed E-state index contributed by atoms with van der Waals surface area (Å²) in [6.45, 7) is 4.12. The first-order valence-corrected chi connectivity index (χ1v) is 6.39. The molecule has 0 radical (unpaired) electrons. The molecule has 1 aliphatic rings. The quantitative estimate of drug-likeness (QED) is 0.828. The first kappa shape index (κ1) is 12.8. The number of carbonyl (C=O) groups is 1. The number of aromatic nitrogens is 1. The molecule has 1 amide bonds. The lowest BCUT2D eigenvalue weighted by Gasteiger charge is -2.12. The first-order chi connectivity index (χ1) is 8.79. The van der Waals surface area contributed by atoms with Gasteiger partial charge in [-0.15, -0.1) is 0 Å². The van der Waals surface area contributed by atoms with Crippen LogP contribution >= 0.6 is 0 Å². The zero-order valence-corrected chi connectivity index (χ0v) is 10.6. The van der Waals surface area contributed by atoms with E-state index >= 15 is 0 Å². The number of hydrogen-bond acceptors (Lipinski definition) is 4. The summed E-state index contributed by atoms with van der Waals surface area (Å²) in [5.41, 5.74) is 1.34. The molecule has 1 aliphatic heterocycles. The van der Waals surface area contributed by atoms with Crippen LogP contribution in [0.2, 0.25) is 0 Å². The number of rotatable bonds is 5. The third-order valence-corrected chi connectivity index (χ3v) is 2.89. The molecule has 1 aromatic rings. The van der Waals surface area contributed by atoms with E-state index in [0.29, 0.717) is 12.2 Å². The molecule has 2 heterocycles. The summed E-state index contributed by atoms with van der Waals surface area (Å²) in [5, 5.41) is 6.01. The summed E-state index contributed by atoms with van der Waals surface area (Å²) >= 11 is 0. The summed E-state index contributed by atoms with van der Waals surface area (Å²) in [6.07, 6.45) is 4.15. The molecule has 1 atom stereocenters. The maximum absolute atomic E-state index is 11.6. The minimum atomic E-state index is -0.140. The van der Waals surface area contributed by atoms with Gasteiger partial charge in [-0.05, 0) is 31.9 Å². The van der Waals surface area contributed by atoms with Crippen molar-refractivity contribution >= 4 is 11.6 Å². The Morgan fingerprint density at radius 2 is 2.50 bits per heavy atom. The van der Waals surface area contributed by atoms with Crippen molar-refractivity contribution in [1.82, 2.24) is 10.3 Å². The smallest absolute Gasteiger partial charge is 0.269 e. The average Bonchev–Trinajstić information content (AvgIpc) is 2.90. The van der Waals surface area contributed by atoms with E-state index in [1.807, 2.05) is 13.0 Å². The standard InChI is InChI=1S/C13H19N3O2/c1-2-14-13(17)12-8-10(5-6-15-12)16-9-11-4-3-7-18-11/h5-6,8,11H,2-4,7,9H2,1H3,(H,14,17)(H,15,16). The Morgan fingerprint density at radius 1 is 1.61 bits per heavy atom. The first-order valence-electron chi connectivity index (χ1n) is 6.39. The summed E-state index contributed by atoms with van der Waals surface area (Å²) in [4.78, 5) is 15.7. The normalized spacial score (nSPS) is 18.6. The number of nitrogens with zero attached hydrogens (tertiary/aromatic N) is 1. The van der Waals surface area contributed by atoms with Gasteiger partial charge in [0.05, 0.1) is 6.10 Å². The number of pyridine rings is 1. The fourth-order valence-corrected chi connectivity index (χ4v) is 1.95. The second-order valence-corrected chi connectivity index (χ2v) is 4.31. The summed E-state index contributed by atoms with van der Waals surface area (Å²) < 4.78 is 5.53. The molecule has 98 valence electrons. The van der Waals surface area contributed by atoms with Crippen molar-refractivity contribution in [3.05, 3.63) is 24.0 Å². The zero-order valence-electron chi connectivity index (χ0n) is 10.6. The van der Waals surface area contributed by atoms with E-state index in [1.54, 1.807) is 12.3 Å². The minimum Gasteiger partial charge on any atom is -0.382 e. The Labute approximate surface area is 107 Å². The van der Waals surface area contributed by atoms with E-state index in [0.717, 1.165) is 31.7 Å². The topological polar surface area (TPSA) is 63.2 Å². The number of ether oxygens (including phenoxy) is 1. The van der Waals surface area contributed by atoms with Gasteiger partial charge in [-0.3, -0.25) is 9.78 Å². The van der Waals surface area contributed by atoms with Crippen LogP contribution in [0.4, 0.5) is 5.69 Å². The van der Waals surface area contributed by atoms with Gasteiger partial charge >= 0.3 is 0 Å². The van der Waals surface area contributed by atoms with E-state index in [9.17, 15) is 4.79 Å². The number of anilines is 1. The monoisotopic (exact) mass is 249 g/mol. The molecule has 0 aromatic carbocycles. The van der Waals surface area contributed by atoms with Crippen molar-refractivity contribution in [2.75, 3.05) is 25.0 Å². The lowest BCUT2D eigenvalue weighted by molar-refractivity contribution is 0.0951. The Balaban J connectivity index is 1.91. The van der Waals surface area contributed by atoms with Crippen molar-refractivity contribution in [1.29, 1.82) is 0 Å². The molecule has 2 rings (SSSR count). The molecule has 0 bridgehead atoms. The van der Waals surface area contributed by atoms with Crippen LogP contribution in [0.25, 0.3) is 0 Å². The fourth-order valence-electron chi connectivity index (χ4n) is 1.95. The number of nitrogens with one attached hydrogen (secondary N) is 2. The molecule has 0 spiro atoms. The van der Waals surface area contributed by atoms with E-state index < -0.39 is 0 Å². The van der Waals surface area contributed by atoms with Gasteiger partial charge in [0.25, 0.3) is 5.91 Å². The minimum absolute atomic E-state index is 0.140. The molecule has 1 unspecified atom stereocenters. The predicted octanol–water partition coefficient (Wildman–Crippen LogP) is 1.42. The lowest BCUT2D eigenvalue weighted by Crippen LogP contribution is -2.24. The van der Waals surface area contributed by atoms with Crippen molar-refractivity contribution < 1.29 is 9.53 Å². The molecule has 0 aliphatic carbocycles. The van der Waals surface area contributed by atoms with Crippen molar-refractivity contribution in [2.45, 2.75) is 25.9 Å². The highest BCUT2D eigenvalue weighted by Gasteiger charge is 2.15. The van der Waals surface area contributed by atoms with Gasteiger partial charge in [0.15, 0.2) is 0 Å². The van der Waals surface area contributed by atoms with E-state index in [-0.39, 0.29) is 12.0 Å². The van der Waals surface area contributed by atoms with Gasteiger partial charge in [0.2, 0.25) is 0 Å². The number of amides is 1.